The number of carbonyl (C=O) groups is 1. The number of benzene rings is 1. The third kappa shape index (κ3) is 4.67. The van der Waals surface area contributed by atoms with Gasteiger partial charge >= 0.3 is 5.97 Å². The van der Waals surface area contributed by atoms with E-state index in [0.29, 0.717) is 12.0 Å². The van der Waals surface area contributed by atoms with E-state index in [1.54, 1.807) is 13.2 Å². The van der Waals surface area contributed by atoms with Crippen molar-refractivity contribution in [2.24, 2.45) is 5.41 Å². The number of carboxylic acid groups (broad SMARTS) is 1. The van der Waals surface area contributed by atoms with Crippen LogP contribution in [-0.4, -0.2) is 23.8 Å². The van der Waals surface area contributed by atoms with Crippen LogP contribution in [0.2, 0.25) is 0 Å². The van der Waals surface area contributed by atoms with Gasteiger partial charge in [-0.2, -0.15) is 0 Å². The molecule has 31 heavy (non-hydrogen) atoms. The van der Waals surface area contributed by atoms with Gasteiger partial charge in [0, 0.05) is 17.1 Å². The van der Waals surface area contributed by atoms with E-state index >= 15 is 0 Å². The van der Waals surface area contributed by atoms with E-state index in [-0.39, 0.29) is 16.7 Å². The standard InChI is InChI=1S/C26H35IO4/c1-24(2,3)11-12-25(4,5)18-14-19-20(22(30-8)21(18)27)16-13-15(23(28)29)9-10-17(16)26(6,7)31-19/h9-10,14,16H,11-13H2,1-8H3,(H,28,29). The SMILES string of the molecule is COc1c(I)c(C(C)(C)CCC(C)(C)C)cc2c1C1CC(C(=O)O)=CC=C1C(C)(C)O2. The quantitative estimate of drug-likeness (QED) is 0.411. The molecule has 5 heteroatoms. The summed E-state index contributed by atoms with van der Waals surface area (Å²) in [5, 5.41) is 9.60. The van der Waals surface area contributed by atoms with Crippen molar-refractivity contribution in [1.82, 2.24) is 0 Å². The first-order valence-electron chi connectivity index (χ1n) is 10.9. The molecule has 4 nitrogen and oxygen atoms in total. The minimum atomic E-state index is -0.866. The van der Waals surface area contributed by atoms with Crippen LogP contribution in [0.3, 0.4) is 0 Å². The molecule has 3 rings (SSSR count). The molecule has 0 amide bonds. The molecule has 0 spiro atoms. The summed E-state index contributed by atoms with van der Waals surface area (Å²) < 4.78 is 13.6. The molecule has 1 unspecified atom stereocenters. The van der Waals surface area contributed by atoms with Crippen LogP contribution in [0.25, 0.3) is 0 Å². The Morgan fingerprint density at radius 1 is 1.23 bits per heavy atom. The minimum absolute atomic E-state index is 0.0472. The first-order valence-corrected chi connectivity index (χ1v) is 12.0. The lowest BCUT2D eigenvalue weighted by atomic mass is 9.71. The Morgan fingerprint density at radius 3 is 2.42 bits per heavy atom. The average Bonchev–Trinajstić information content (AvgIpc) is 2.65. The number of carboxylic acids is 1. The van der Waals surface area contributed by atoms with Gasteiger partial charge in [0.2, 0.25) is 0 Å². The van der Waals surface area contributed by atoms with Crippen molar-refractivity contribution in [2.45, 2.75) is 84.7 Å². The van der Waals surface area contributed by atoms with E-state index in [1.165, 1.54) is 5.56 Å². The zero-order chi connectivity index (χ0) is 23.4. The maximum atomic E-state index is 11.7. The summed E-state index contributed by atoms with van der Waals surface area (Å²) in [6.07, 6.45) is 6.25. The molecule has 1 aromatic carbocycles. The number of allylic oxidation sites excluding steroid dienone is 2. The number of hydrogen-bond acceptors (Lipinski definition) is 3. The Bertz CT molecular complexity index is 961. The summed E-state index contributed by atoms with van der Waals surface area (Å²) in [6, 6.07) is 2.18. The maximum absolute atomic E-state index is 11.7. The first-order chi connectivity index (χ1) is 14.2. The van der Waals surface area contributed by atoms with Crippen molar-refractivity contribution < 1.29 is 19.4 Å². The second-order valence-corrected chi connectivity index (χ2v) is 12.2. The lowest BCUT2D eigenvalue weighted by Crippen LogP contribution is -2.39. The van der Waals surface area contributed by atoms with Crippen LogP contribution in [0.4, 0.5) is 0 Å². The molecular weight excluding hydrogens is 503 g/mol. The second-order valence-electron chi connectivity index (χ2n) is 11.1. The Hall–Kier alpha value is -1.50. The molecule has 0 aromatic heterocycles. The topological polar surface area (TPSA) is 55.8 Å². The first kappa shape index (κ1) is 24.1. The van der Waals surface area contributed by atoms with Crippen molar-refractivity contribution in [3.05, 3.63) is 44.1 Å². The van der Waals surface area contributed by atoms with Crippen LogP contribution in [0.5, 0.6) is 11.5 Å². The van der Waals surface area contributed by atoms with Gasteiger partial charge in [-0.25, -0.2) is 4.79 Å². The summed E-state index contributed by atoms with van der Waals surface area (Å²) in [4.78, 5) is 11.7. The van der Waals surface area contributed by atoms with Crippen molar-refractivity contribution in [3.63, 3.8) is 0 Å². The van der Waals surface area contributed by atoms with E-state index in [9.17, 15) is 9.90 Å². The molecule has 1 N–H and O–H groups in total. The molecule has 0 fully saturated rings. The molecule has 0 radical (unpaired) electrons. The van der Waals surface area contributed by atoms with Gasteiger partial charge in [-0.05, 0) is 83.7 Å². The Morgan fingerprint density at radius 2 is 1.87 bits per heavy atom. The number of ether oxygens (including phenoxy) is 2. The molecule has 0 saturated carbocycles. The van der Waals surface area contributed by atoms with Gasteiger partial charge in [-0.3, -0.25) is 0 Å². The van der Waals surface area contributed by atoms with Crippen molar-refractivity contribution in [1.29, 1.82) is 0 Å². The van der Waals surface area contributed by atoms with E-state index in [2.05, 4.69) is 77.1 Å². The summed E-state index contributed by atoms with van der Waals surface area (Å²) in [5.41, 5.74) is 3.42. The van der Waals surface area contributed by atoms with E-state index < -0.39 is 11.6 Å². The number of fused-ring (bicyclic) bond motifs is 3. The maximum Gasteiger partial charge on any atom is 0.331 e. The largest absolute Gasteiger partial charge is 0.495 e. The molecule has 1 aliphatic heterocycles. The van der Waals surface area contributed by atoms with Crippen LogP contribution in [0.1, 0.15) is 84.8 Å². The molecule has 0 saturated heterocycles. The van der Waals surface area contributed by atoms with E-state index in [0.717, 1.165) is 39.0 Å². The normalized spacial score (nSPS) is 20.1. The Labute approximate surface area is 200 Å². The molecule has 0 bridgehead atoms. The Kier molecular flexibility index (Phi) is 6.33. The van der Waals surface area contributed by atoms with Crippen molar-refractivity contribution >= 4 is 28.6 Å². The molecule has 2 aliphatic rings. The summed E-state index contributed by atoms with van der Waals surface area (Å²) in [6.45, 7) is 15.5. The fraction of sp³-hybridized carbons (Fsp3) is 0.577. The van der Waals surface area contributed by atoms with Crippen LogP contribution in [0.15, 0.2) is 29.4 Å². The van der Waals surface area contributed by atoms with Gasteiger partial charge in [0.1, 0.15) is 17.1 Å². The zero-order valence-corrected chi connectivity index (χ0v) is 22.1. The van der Waals surface area contributed by atoms with Crippen molar-refractivity contribution in [3.8, 4) is 11.5 Å². The van der Waals surface area contributed by atoms with Crippen LogP contribution < -0.4 is 9.47 Å². The van der Waals surface area contributed by atoms with Crippen molar-refractivity contribution in [2.75, 3.05) is 7.11 Å². The van der Waals surface area contributed by atoms with E-state index in [4.69, 9.17) is 9.47 Å². The van der Waals surface area contributed by atoms with Gasteiger partial charge in [0.15, 0.2) is 0 Å². The van der Waals surface area contributed by atoms with Gasteiger partial charge in [-0.1, -0.05) is 46.8 Å². The predicted octanol–water partition coefficient (Wildman–Crippen LogP) is 7.00. The smallest absolute Gasteiger partial charge is 0.331 e. The lowest BCUT2D eigenvalue weighted by molar-refractivity contribution is -0.132. The number of rotatable bonds is 5. The monoisotopic (exact) mass is 538 g/mol. The van der Waals surface area contributed by atoms with Crippen LogP contribution in [0, 0.1) is 8.99 Å². The average molecular weight is 538 g/mol. The van der Waals surface area contributed by atoms with Gasteiger partial charge in [0.25, 0.3) is 0 Å². The zero-order valence-electron chi connectivity index (χ0n) is 20.0. The molecule has 170 valence electrons. The number of hydrogen-bond donors (Lipinski definition) is 1. The third-order valence-corrected chi connectivity index (χ3v) is 7.67. The minimum Gasteiger partial charge on any atom is -0.495 e. The highest BCUT2D eigenvalue weighted by Crippen LogP contribution is 2.55. The van der Waals surface area contributed by atoms with Crippen LogP contribution >= 0.6 is 22.6 Å². The molecule has 1 aromatic rings. The summed E-state index contributed by atoms with van der Waals surface area (Å²) in [7, 11) is 1.70. The number of aliphatic carboxylic acids is 1. The molecule has 1 atom stereocenters. The van der Waals surface area contributed by atoms with Gasteiger partial charge in [0.05, 0.1) is 10.7 Å². The highest BCUT2D eigenvalue weighted by Gasteiger charge is 2.44. The lowest BCUT2D eigenvalue weighted by Gasteiger charge is -2.43. The van der Waals surface area contributed by atoms with E-state index in [1.807, 2.05) is 6.08 Å². The molecule has 1 heterocycles. The van der Waals surface area contributed by atoms with Gasteiger partial charge in [-0.15, -0.1) is 0 Å². The fourth-order valence-corrected chi connectivity index (χ4v) is 6.02. The highest BCUT2D eigenvalue weighted by atomic mass is 127. The summed E-state index contributed by atoms with van der Waals surface area (Å²) >= 11 is 2.39. The third-order valence-electron chi connectivity index (χ3n) is 6.60. The number of methoxy groups -OCH3 is 1. The molecular formula is C26H35IO4. The number of halogens is 1. The second kappa shape index (κ2) is 8.13. The van der Waals surface area contributed by atoms with Gasteiger partial charge < -0.3 is 14.6 Å². The molecule has 1 aliphatic carbocycles. The van der Waals surface area contributed by atoms with Crippen LogP contribution in [-0.2, 0) is 10.2 Å². The Balaban J connectivity index is 2.16. The highest BCUT2D eigenvalue weighted by molar-refractivity contribution is 14.1. The summed E-state index contributed by atoms with van der Waals surface area (Å²) in [5.74, 6) is 0.699. The fourth-order valence-electron chi connectivity index (χ4n) is 4.63. The predicted molar refractivity (Wildman–Crippen MR) is 133 cm³/mol.